The molecule has 0 aromatic carbocycles. The van der Waals surface area contributed by atoms with Crippen LogP contribution >= 0.6 is 11.8 Å². The van der Waals surface area contributed by atoms with Gasteiger partial charge in [-0.1, -0.05) is 11.8 Å². The molecule has 0 aliphatic carbocycles. The van der Waals surface area contributed by atoms with E-state index in [-0.39, 0.29) is 11.7 Å². The van der Waals surface area contributed by atoms with Crippen LogP contribution in [0.1, 0.15) is 0 Å². The fourth-order valence-corrected chi connectivity index (χ4v) is 1.76. The van der Waals surface area contributed by atoms with Crippen molar-refractivity contribution in [3.8, 4) is 0 Å². The molecule has 2 aromatic rings. The van der Waals surface area contributed by atoms with Crippen LogP contribution in [0.4, 0.5) is 5.69 Å². The summed E-state index contributed by atoms with van der Waals surface area (Å²) in [6, 6.07) is 3.46. The molecule has 0 spiro atoms. The Hall–Kier alpha value is -1.96. The van der Waals surface area contributed by atoms with E-state index < -0.39 is 0 Å². The fraction of sp³-hybridized carbons (Fsp3) is 0.222. The van der Waals surface area contributed by atoms with E-state index in [1.165, 1.54) is 16.4 Å². The Bertz CT molecular complexity index is 499. The molecule has 17 heavy (non-hydrogen) atoms. The maximum Gasteiger partial charge on any atom is 0.234 e. The molecule has 0 aliphatic rings. The first-order valence-corrected chi connectivity index (χ1v) is 5.79. The highest BCUT2D eigenvalue weighted by Gasteiger charge is 2.07. The molecule has 0 radical (unpaired) electrons. The normalized spacial score (nSPS) is 10.2. The number of hydrogen-bond acceptors (Lipinski definition) is 6. The van der Waals surface area contributed by atoms with Gasteiger partial charge in [0.15, 0.2) is 0 Å². The van der Waals surface area contributed by atoms with Crippen molar-refractivity contribution in [3.63, 3.8) is 0 Å². The van der Waals surface area contributed by atoms with Gasteiger partial charge in [-0.3, -0.25) is 9.78 Å². The van der Waals surface area contributed by atoms with Gasteiger partial charge >= 0.3 is 0 Å². The van der Waals surface area contributed by atoms with Crippen molar-refractivity contribution in [2.24, 2.45) is 7.05 Å². The lowest BCUT2D eigenvalue weighted by molar-refractivity contribution is -0.113. The largest absolute Gasteiger partial charge is 0.325 e. The minimum atomic E-state index is -0.107. The quantitative estimate of drug-likeness (QED) is 0.787. The summed E-state index contributed by atoms with van der Waals surface area (Å²) in [7, 11) is 1.73. The Morgan fingerprint density at radius 1 is 1.47 bits per heavy atom. The van der Waals surface area contributed by atoms with Gasteiger partial charge in [-0.2, -0.15) is 0 Å². The first-order valence-electron chi connectivity index (χ1n) is 4.81. The van der Waals surface area contributed by atoms with Crippen LogP contribution in [0.2, 0.25) is 0 Å². The molecule has 0 fully saturated rings. The van der Waals surface area contributed by atoms with E-state index in [0.29, 0.717) is 5.16 Å². The summed E-state index contributed by atoms with van der Waals surface area (Å²) >= 11 is 1.28. The number of nitrogens with zero attached hydrogens (tertiary/aromatic N) is 5. The molecule has 88 valence electrons. The highest BCUT2D eigenvalue weighted by Crippen LogP contribution is 2.12. The zero-order valence-electron chi connectivity index (χ0n) is 9.07. The van der Waals surface area contributed by atoms with Crippen LogP contribution in [0.5, 0.6) is 0 Å². The number of thioether (sulfide) groups is 1. The van der Waals surface area contributed by atoms with Crippen LogP contribution in [0.3, 0.4) is 0 Å². The van der Waals surface area contributed by atoms with Gasteiger partial charge in [0.25, 0.3) is 0 Å². The minimum Gasteiger partial charge on any atom is -0.325 e. The summed E-state index contributed by atoms with van der Waals surface area (Å²) < 4.78 is 1.52. The Labute approximate surface area is 102 Å². The number of rotatable bonds is 4. The number of anilines is 1. The maximum atomic E-state index is 11.6. The van der Waals surface area contributed by atoms with Crippen LogP contribution in [0.15, 0.2) is 29.7 Å². The number of aromatic nitrogens is 5. The number of amides is 1. The van der Waals surface area contributed by atoms with Crippen molar-refractivity contribution in [2.75, 3.05) is 11.1 Å². The van der Waals surface area contributed by atoms with Crippen LogP contribution in [0.25, 0.3) is 0 Å². The number of pyridine rings is 1. The summed E-state index contributed by atoms with van der Waals surface area (Å²) in [6.45, 7) is 0. The van der Waals surface area contributed by atoms with E-state index in [2.05, 4.69) is 25.8 Å². The molecule has 2 rings (SSSR count). The molecule has 0 aliphatic heterocycles. The third kappa shape index (κ3) is 3.25. The van der Waals surface area contributed by atoms with Gasteiger partial charge in [-0.15, -0.1) is 5.10 Å². The van der Waals surface area contributed by atoms with E-state index in [1.807, 2.05) is 0 Å². The van der Waals surface area contributed by atoms with Gasteiger partial charge in [0.2, 0.25) is 11.1 Å². The summed E-state index contributed by atoms with van der Waals surface area (Å²) in [6.07, 6.45) is 3.24. The number of hydrogen-bond donors (Lipinski definition) is 1. The molecule has 0 bridgehead atoms. The fourth-order valence-electron chi connectivity index (χ4n) is 1.11. The summed E-state index contributed by atoms with van der Waals surface area (Å²) in [4.78, 5) is 15.5. The van der Waals surface area contributed by atoms with E-state index in [9.17, 15) is 4.79 Å². The molecule has 2 aromatic heterocycles. The van der Waals surface area contributed by atoms with Crippen LogP contribution in [0, 0.1) is 0 Å². The molecule has 2 heterocycles. The Kier molecular flexibility index (Phi) is 3.66. The lowest BCUT2D eigenvalue weighted by atomic mass is 10.4. The molecule has 7 nitrogen and oxygen atoms in total. The van der Waals surface area contributed by atoms with Crippen molar-refractivity contribution in [1.29, 1.82) is 0 Å². The molecule has 0 atom stereocenters. The Balaban J connectivity index is 1.84. The Morgan fingerprint density at radius 2 is 2.24 bits per heavy atom. The van der Waals surface area contributed by atoms with Crippen LogP contribution in [-0.2, 0) is 11.8 Å². The summed E-state index contributed by atoms with van der Waals surface area (Å²) in [5.41, 5.74) is 0.724. The topological polar surface area (TPSA) is 85.6 Å². The average Bonchev–Trinajstić information content (AvgIpc) is 2.74. The Morgan fingerprint density at radius 3 is 2.88 bits per heavy atom. The molecule has 8 heteroatoms. The van der Waals surface area contributed by atoms with Gasteiger partial charge in [0.05, 0.1) is 5.75 Å². The molecule has 0 saturated heterocycles. The van der Waals surface area contributed by atoms with E-state index in [1.54, 1.807) is 31.6 Å². The first-order chi connectivity index (χ1) is 8.25. The molecule has 0 unspecified atom stereocenters. The molecular weight excluding hydrogens is 240 g/mol. The predicted octanol–water partition coefficient (Wildman–Crippen LogP) is 0.336. The van der Waals surface area contributed by atoms with Gasteiger partial charge < -0.3 is 5.32 Å². The van der Waals surface area contributed by atoms with E-state index >= 15 is 0 Å². The summed E-state index contributed by atoms with van der Waals surface area (Å²) in [5.74, 6) is 0.153. The molecule has 1 N–H and O–H groups in total. The predicted molar refractivity (Wildman–Crippen MR) is 62.4 cm³/mol. The number of tetrazole rings is 1. The molecular formula is C9H10N6OS. The van der Waals surface area contributed by atoms with Crippen molar-refractivity contribution >= 4 is 23.4 Å². The second kappa shape index (κ2) is 5.39. The summed E-state index contributed by atoms with van der Waals surface area (Å²) in [5, 5.41) is 14.3. The monoisotopic (exact) mass is 250 g/mol. The number of nitrogens with one attached hydrogen (secondary N) is 1. The van der Waals surface area contributed by atoms with Gasteiger partial charge in [-0.05, 0) is 22.6 Å². The van der Waals surface area contributed by atoms with Gasteiger partial charge in [0, 0.05) is 25.1 Å². The van der Waals surface area contributed by atoms with Crippen molar-refractivity contribution in [1.82, 2.24) is 25.2 Å². The number of carbonyl (C=O) groups is 1. The maximum absolute atomic E-state index is 11.6. The van der Waals surface area contributed by atoms with Crippen molar-refractivity contribution in [3.05, 3.63) is 24.5 Å². The van der Waals surface area contributed by atoms with Crippen molar-refractivity contribution in [2.45, 2.75) is 5.16 Å². The highest BCUT2D eigenvalue weighted by atomic mass is 32.2. The molecule has 1 amide bonds. The lowest BCUT2D eigenvalue weighted by Crippen LogP contribution is -2.14. The van der Waals surface area contributed by atoms with Gasteiger partial charge in [-0.25, -0.2) is 4.68 Å². The molecule has 0 saturated carbocycles. The van der Waals surface area contributed by atoms with Gasteiger partial charge in [0.1, 0.15) is 0 Å². The minimum absolute atomic E-state index is 0.107. The SMILES string of the molecule is Cn1nnnc1SCC(=O)Nc1ccncc1. The van der Waals surface area contributed by atoms with Crippen molar-refractivity contribution < 1.29 is 4.79 Å². The van der Waals surface area contributed by atoms with E-state index in [4.69, 9.17) is 0 Å². The average molecular weight is 250 g/mol. The van der Waals surface area contributed by atoms with Crippen LogP contribution < -0.4 is 5.32 Å². The zero-order chi connectivity index (χ0) is 12.1. The zero-order valence-corrected chi connectivity index (χ0v) is 9.89. The smallest absolute Gasteiger partial charge is 0.234 e. The lowest BCUT2D eigenvalue weighted by Gasteiger charge is -2.03. The number of aryl methyl sites for hydroxylation is 1. The van der Waals surface area contributed by atoms with Crippen LogP contribution in [-0.4, -0.2) is 36.9 Å². The third-order valence-corrected chi connectivity index (χ3v) is 2.89. The van der Waals surface area contributed by atoms with E-state index in [0.717, 1.165) is 5.69 Å². The third-order valence-electron chi connectivity index (χ3n) is 1.88. The first kappa shape index (κ1) is 11.5. The number of carbonyl (C=O) groups excluding carboxylic acids is 1. The second-order valence-corrected chi connectivity index (χ2v) is 4.10. The second-order valence-electron chi connectivity index (χ2n) is 3.16. The highest BCUT2D eigenvalue weighted by molar-refractivity contribution is 7.99. The standard InChI is InChI=1S/C9H10N6OS/c1-15-9(12-13-14-15)17-6-8(16)11-7-2-4-10-5-3-7/h2-5H,6H2,1H3,(H,10,11,16).